The fourth-order valence-corrected chi connectivity index (χ4v) is 3.74. The van der Waals surface area contributed by atoms with E-state index in [1.54, 1.807) is 6.07 Å². The van der Waals surface area contributed by atoms with Crippen LogP contribution in [0.2, 0.25) is 0 Å². The van der Waals surface area contributed by atoms with E-state index in [-0.39, 0.29) is 12.3 Å². The van der Waals surface area contributed by atoms with E-state index in [1.165, 1.54) is 0 Å². The smallest absolute Gasteiger partial charge is 0.357 e. The Labute approximate surface area is 179 Å². The van der Waals surface area contributed by atoms with Crippen molar-refractivity contribution in [3.8, 4) is 0 Å². The van der Waals surface area contributed by atoms with Crippen molar-refractivity contribution in [3.63, 3.8) is 0 Å². The molecule has 2 aromatic heterocycles. The van der Waals surface area contributed by atoms with Crippen LogP contribution in [-0.2, 0) is 11.3 Å². The Morgan fingerprint density at radius 3 is 2.32 bits per heavy atom. The summed E-state index contributed by atoms with van der Waals surface area (Å²) in [7, 11) is 0. The van der Waals surface area contributed by atoms with Gasteiger partial charge in [0.15, 0.2) is 0 Å². The fourth-order valence-electron chi connectivity index (χ4n) is 3.74. The van der Waals surface area contributed by atoms with Crippen LogP contribution in [0.15, 0.2) is 97.6 Å². The van der Waals surface area contributed by atoms with Gasteiger partial charge in [-0.1, -0.05) is 85.4 Å². The molecule has 0 aliphatic rings. The maximum atomic E-state index is 12.9. The zero-order chi connectivity index (χ0) is 21.2. The predicted molar refractivity (Wildman–Crippen MR) is 124 cm³/mol. The SMILES string of the molecule is C=C(c1ccccc1)c1nc(C(=O)OCc2ccccc2)cc2c1[nH]c1ccccc12. The monoisotopic (exact) mass is 404 g/mol. The zero-order valence-electron chi connectivity index (χ0n) is 16.8. The first-order valence-electron chi connectivity index (χ1n) is 10.1. The summed E-state index contributed by atoms with van der Waals surface area (Å²) < 4.78 is 5.55. The highest BCUT2D eigenvalue weighted by Crippen LogP contribution is 2.32. The van der Waals surface area contributed by atoms with Gasteiger partial charge in [0, 0.05) is 21.9 Å². The number of nitrogens with zero attached hydrogens (tertiary/aromatic N) is 1. The number of aromatic amines is 1. The third-order valence-corrected chi connectivity index (χ3v) is 5.33. The van der Waals surface area contributed by atoms with Gasteiger partial charge in [-0.15, -0.1) is 0 Å². The lowest BCUT2D eigenvalue weighted by Crippen LogP contribution is -2.09. The lowest BCUT2D eigenvalue weighted by molar-refractivity contribution is 0.0466. The molecule has 0 radical (unpaired) electrons. The molecule has 5 aromatic rings. The molecule has 0 aliphatic heterocycles. The molecule has 1 N–H and O–H groups in total. The number of benzene rings is 3. The number of ether oxygens (including phenoxy) is 1. The molecule has 3 aromatic carbocycles. The van der Waals surface area contributed by atoms with Gasteiger partial charge >= 0.3 is 5.97 Å². The lowest BCUT2D eigenvalue weighted by atomic mass is 10.0. The Hall–Kier alpha value is -4.18. The normalized spacial score (nSPS) is 11.0. The van der Waals surface area contributed by atoms with E-state index in [9.17, 15) is 4.79 Å². The van der Waals surface area contributed by atoms with Crippen LogP contribution in [0.5, 0.6) is 0 Å². The molecule has 5 rings (SSSR count). The van der Waals surface area contributed by atoms with Crippen LogP contribution >= 0.6 is 0 Å². The zero-order valence-corrected chi connectivity index (χ0v) is 16.8. The van der Waals surface area contributed by atoms with Crippen LogP contribution in [0, 0.1) is 0 Å². The molecular weight excluding hydrogens is 384 g/mol. The molecule has 0 saturated heterocycles. The second-order valence-corrected chi connectivity index (χ2v) is 7.36. The summed E-state index contributed by atoms with van der Waals surface area (Å²) in [6.45, 7) is 4.47. The average Bonchev–Trinajstić information content (AvgIpc) is 3.21. The van der Waals surface area contributed by atoms with Crippen LogP contribution in [0.25, 0.3) is 27.4 Å². The van der Waals surface area contributed by atoms with Crippen molar-refractivity contribution in [2.45, 2.75) is 6.61 Å². The van der Waals surface area contributed by atoms with Gasteiger partial charge in [0.1, 0.15) is 12.3 Å². The van der Waals surface area contributed by atoms with Gasteiger partial charge in [-0.3, -0.25) is 0 Å². The summed E-state index contributed by atoms with van der Waals surface area (Å²) in [4.78, 5) is 21.0. The second-order valence-electron chi connectivity index (χ2n) is 7.36. The number of pyridine rings is 1. The van der Waals surface area contributed by atoms with Crippen molar-refractivity contribution in [1.82, 2.24) is 9.97 Å². The molecule has 4 nitrogen and oxygen atoms in total. The van der Waals surface area contributed by atoms with Crippen LogP contribution < -0.4 is 0 Å². The van der Waals surface area contributed by atoms with Crippen LogP contribution in [0.4, 0.5) is 0 Å². The summed E-state index contributed by atoms with van der Waals surface area (Å²) in [6, 6.07) is 29.3. The molecule has 0 atom stereocenters. The average molecular weight is 404 g/mol. The first-order chi connectivity index (χ1) is 15.2. The third kappa shape index (κ3) is 3.60. The van der Waals surface area contributed by atoms with E-state index >= 15 is 0 Å². The predicted octanol–water partition coefficient (Wildman–Crippen LogP) is 6.13. The second kappa shape index (κ2) is 7.92. The number of hydrogen-bond acceptors (Lipinski definition) is 3. The van der Waals surface area contributed by atoms with Gasteiger partial charge < -0.3 is 9.72 Å². The van der Waals surface area contributed by atoms with E-state index in [4.69, 9.17) is 4.74 Å². The molecule has 4 heteroatoms. The molecular formula is C27H20N2O2. The molecule has 0 amide bonds. The Balaban J connectivity index is 1.61. The standard InChI is InChI=1S/C27H20N2O2/c1-18(20-12-6-3-7-13-20)25-26-22(21-14-8-9-15-23(21)28-26)16-24(29-25)27(30)31-17-19-10-4-2-5-11-19/h2-16,28H,1,17H2. The molecule has 0 unspecified atom stereocenters. The molecule has 0 saturated carbocycles. The highest BCUT2D eigenvalue weighted by atomic mass is 16.5. The number of aromatic nitrogens is 2. The minimum atomic E-state index is -0.460. The molecule has 0 bridgehead atoms. The van der Waals surface area contributed by atoms with Crippen LogP contribution in [0.3, 0.4) is 0 Å². The minimum absolute atomic E-state index is 0.197. The quantitative estimate of drug-likeness (QED) is 0.358. The Bertz CT molecular complexity index is 1400. The van der Waals surface area contributed by atoms with Gasteiger partial charge in [-0.05, 0) is 23.3 Å². The van der Waals surface area contributed by atoms with E-state index in [2.05, 4.69) is 16.5 Å². The minimum Gasteiger partial charge on any atom is -0.456 e. The summed E-state index contributed by atoms with van der Waals surface area (Å²) in [5, 5.41) is 1.95. The summed E-state index contributed by atoms with van der Waals surface area (Å²) in [6.07, 6.45) is 0. The van der Waals surface area contributed by atoms with Gasteiger partial charge in [0.05, 0.1) is 11.2 Å². The largest absolute Gasteiger partial charge is 0.456 e. The van der Waals surface area contributed by atoms with E-state index in [1.807, 2.05) is 84.9 Å². The summed E-state index contributed by atoms with van der Waals surface area (Å²) in [5.41, 5.74) is 5.37. The first-order valence-corrected chi connectivity index (χ1v) is 10.1. The fraction of sp³-hybridized carbons (Fsp3) is 0.0370. The maximum absolute atomic E-state index is 12.9. The number of carbonyl (C=O) groups is 1. The number of hydrogen-bond donors (Lipinski definition) is 1. The van der Waals surface area contributed by atoms with Crippen molar-refractivity contribution in [2.24, 2.45) is 0 Å². The van der Waals surface area contributed by atoms with Gasteiger partial charge in [-0.2, -0.15) is 0 Å². The van der Waals surface area contributed by atoms with Crippen molar-refractivity contribution in [2.75, 3.05) is 0 Å². The molecule has 0 fully saturated rings. The first kappa shape index (κ1) is 18.8. The number of carbonyl (C=O) groups excluding carboxylic acids is 1. The third-order valence-electron chi connectivity index (χ3n) is 5.33. The van der Waals surface area contributed by atoms with E-state index in [0.717, 1.165) is 38.5 Å². The topological polar surface area (TPSA) is 55.0 Å². The number of fused-ring (bicyclic) bond motifs is 3. The highest BCUT2D eigenvalue weighted by molar-refractivity contribution is 6.12. The van der Waals surface area contributed by atoms with Crippen molar-refractivity contribution < 1.29 is 9.53 Å². The molecule has 0 aliphatic carbocycles. The summed E-state index contributed by atoms with van der Waals surface area (Å²) >= 11 is 0. The van der Waals surface area contributed by atoms with Crippen molar-refractivity contribution in [1.29, 1.82) is 0 Å². The number of H-pyrrole nitrogens is 1. The molecule has 0 spiro atoms. The highest BCUT2D eigenvalue weighted by Gasteiger charge is 2.19. The van der Waals surface area contributed by atoms with Gasteiger partial charge in [-0.25, -0.2) is 9.78 Å². The van der Waals surface area contributed by atoms with E-state index < -0.39 is 5.97 Å². The van der Waals surface area contributed by atoms with E-state index in [0.29, 0.717) is 5.69 Å². The molecule has 2 heterocycles. The maximum Gasteiger partial charge on any atom is 0.357 e. The Morgan fingerprint density at radius 2 is 1.55 bits per heavy atom. The molecule has 150 valence electrons. The molecule has 31 heavy (non-hydrogen) atoms. The van der Waals surface area contributed by atoms with Crippen LogP contribution in [-0.4, -0.2) is 15.9 Å². The van der Waals surface area contributed by atoms with Crippen molar-refractivity contribution in [3.05, 3.63) is 120 Å². The number of esters is 1. The number of nitrogens with one attached hydrogen (secondary N) is 1. The van der Waals surface area contributed by atoms with Gasteiger partial charge in [0.25, 0.3) is 0 Å². The Kier molecular flexibility index (Phi) is 4.81. The Morgan fingerprint density at radius 1 is 0.871 bits per heavy atom. The summed E-state index contributed by atoms with van der Waals surface area (Å²) in [5.74, 6) is -0.460. The lowest BCUT2D eigenvalue weighted by Gasteiger charge is -2.10. The van der Waals surface area contributed by atoms with Gasteiger partial charge in [0.2, 0.25) is 0 Å². The number of para-hydroxylation sites is 1. The van der Waals surface area contributed by atoms with Crippen LogP contribution in [0.1, 0.15) is 27.3 Å². The number of rotatable bonds is 5. The van der Waals surface area contributed by atoms with Crippen molar-refractivity contribution >= 4 is 33.3 Å².